The zero-order valence-corrected chi connectivity index (χ0v) is 12.6. The van der Waals surface area contributed by atoms with Gasteiger partial charge in [-0.15, -0.1) is 0 Å². The molecule has 19 heavy (non-hydrogen) atoms. The smallest absolute Gasteiger partial charge is 0.118 e. The van der Waals surface area contributed by atoms with Crippen LogP contribution in [-0.2, 0) is 0 Å². The van der Waals surface area contributed by atoms with E-state index in [1.165, 1.54) is 5.56 Å². The van der Waals surface area contributed by atoms with E-state index in [2.05, 4.69) is 40.4 Å². The Morgan fingerprint density at radius 1 is 1.11 bits per heavy atom. The molecule has 0 spiro atoms. The van der Waals surface area contributed by atoms with Crippen molar-refractivity contribution >= 4 is 15.9 Å². The highest BCUT2D eigenvalue weighted by molar-refractivity contribution is 9.10. The van der Waals surface area contributed by atoms with Crippen LogP contribution >= 0.6 is 15.9 Å². The number of halogens is 1. The molecule has 0 aliphatic carbocycles. The lowest BCUT2D eigenvalue weighted by Gasteiger charge is -2.18. The van der Waals surface area contributed by atoms with E-state index in [4.69, 9.17) is 10.6 Å². The second-order valence-electron chi connectivity index (χ2n) is 4.38. The number of aryl methyl sites for hydroxylation is 1. The van der Waals surface area contributed by atoms with Crippen LogP contribution in [0.2, 0.25) is 0 Å². The third kappa shape index (κ3) is 3.15. The predicted octanol–water partition coefficient (Wildman–Crippen LogP) is 3.32. The van der Waals surface area contributed by atoms with E-state index in [-0.39, 0.29) is 6.04 Å². The average Bonchev–Trinajstić information content (AvgIpc) is 2.44. The van der Waals surface area contributed by atoms with Gasteiger partial charge in [0.05, 0.1) is 13.2 Å². The van der Waals surface area contributed by atoms with Crippen molar-refractivity contribution in [2.75, 3.05) is 7.11 Å². The largest absolute Gasteiger partial charge is 0.497 e. The summed E-state index contributed by atoms with van der Waals surface area (Å²) in [6, 6.07) is 14.1. The maximum atomic E-state index is 5.70. The molecule has 0 saturated carbocycles. The Morgan fingerprint density at radius 3 is 2.26 bits per heavy atom. The maximum absolute atomic E-state index is 5.70. The highest BCUT2D eigenvalue weighted by Gasteiger charge is 2.13. The lowest BCUT2D eigenvalue weighted by atomic mass is 9.98. The monoisotopic (exact) mass is 320 g/mol. The molecule has 3 N–H and O–H groups in total. The first-order chi connectivity index (χ1) is 9.15. The van der Waals surface area contributed by atoms with Crippen molar-refractivity contribution in [2.24, 2.45) is 5.84 Å². The summed E-state index contributed by atoms with van der Waals surface area (Å²) in [4.78, 5) is 0. The van der Waals surface area contributed by atoms with Crippen LogP contribution in [0.4, 0.5) is 0 Å². The predicted molar refractivity (Wildman–Crippen MR) is 81.0 cm³/mol. The van der Waals surface area contributed by atoms with Crippen molar-refractivity contribution in [3.63, 3.8) is 0 Å². The normalized spacial score (nSPS) is 12.2. The van der Waals surface area contributed by atoms with Crippen molar-refractivity contribution < 1.29 is 4.74 Å². The van der Waals surface area contributed by atoms with Gasteiger partial charge in [-0.3, -0.25) is 5.84 Å². The molecule has 1 atom stereocenters. The molecule has 0 bridgehead atoms. The van der Waals surface area contributed by atoms with Gasteiger partial charge in [-0.1, -0.05) is 40.2 Å². The third-order valence-corrected chi connectivity index (χ3v) is 4.02. The Balaban J connectivity index is 2.34. The first kappa shape index (κ1) is 14.1. The van der Waals surface area contributed by atoms with Crippen LogP contribution in [0.1, 0.15) is 22.7 Å². The Kier molecular flexibility index (Phi) is 4.58. The highest BCUT2D eigenvalue weighted by atomic mass is 79.9. The number of hydrogen-bond donors (Lipinski definition) is 2. The molecule has 0 aliphatic heterocycles. The van der Waals surface area contributed by atoms with Gasteiger partial charge in [0.2, 0.25) is 0 Å². The molecule has 1 unspecified atom stereocenters. The van der Waals surface area contributed by atoms with Gasteiger partial charge in [-0.25, -0.2) is 5.43 Å². The lowest BCUT2D eigenvalue weighted by molar-refractivity contribution is 0.414. The minimum absolute atomic E-state index is 0.0299. The molecular weight excluding hydrogens is 304 g/mol. The summed E-state index contributed by atoms with van der Waals surface area (Å²) in [7, 11) is 1.66. The standard InChI is InChI=1S/C15H17BrN2O/c1-10-9-12(5-8-14(10)16)15(18-17)11-3-6-13(19-2)7-4-11/h3-9,15,18H,17H2,1-2H3. The van der Waals surface area contributed by atoms with Crippen molar-refractivity contribution in [1.82, 2.24) is 5.43 Å². The van der Waals surface area contributed by atoms with Gasteiger partial charge in [0.1, 0.15) is 5.75 Å². The average molecular weight is 321 g/mol. The van der Waals surface area contributed by atoms with Gasteiger partial charge in [0.25, 0.3) is 0 Å². The van der Waals surface area contributed by atoms with Gasteiger partial charge in [-0.05, 0) is 41.8 Å². The fraction of sp³-hybridized carbons (Fsp3) is 0.200. The number of nitrogens with two attached hydrogens (primary N) is 1. The van der Waals surface area contributed by atoms with Gasteiger partial charge >= 0.3 is 0 Å². The number of benzene rings is 2. The summed E-state index contributed by atoms with van der Waals surface area (Å²) < 4.78 is 6.26. The molecule has 2 aromatic carbocycles. The van der Waals surface area contributed by atoms with Crippen LogP contribution in [0.25, 0.3) is 0 Å². The quantitative estimate of drug-likeness (QED) is 0.671. The van der Waals surface area contributed by atoms with Gasteiger partial charge in [0.15, 0.2) is 0 Å². The van der Waals surface area contributed by atoms with Crippen LogP contribution < -0.4 is 16.0 Å². The summed E-state index contributed by atoms with van der Waals surface area (Å²) in [6.45, 7) is 2.06. The van der Waals surface area contributed by atoms with Crippen LogP contribution in [0, 0.1) is 6.92 Å². The molecule has 0 radical (unpaired) electrons. The van der Waals surface area contributed by atoms with Gasteiger partial charge < -0.3 is 4.74 Å². The second kappa shape index (κ2) is 6.19. The lowest BCUT2D eigenvalue weighted by Crippen LogP contribution is -2.28. The minimum Gasteiger partial charge on any atom is -0.497 e. The van der Waals surface area contributed by atoms with E-state index in [9.17, 15) is 0 Å². The van der Waals surface area contributed by atoms with Crippen LogP contribution in [0.3, 0.4) is 0 Å². The summed E-state index contributed by atoms with van der Waals surface area (Å²) in [5, 5.41) is 0. The molecule has 0 saturated heterocycles. The van der Waals surface area contributed by atoms with E-state index in [1.807, 2.05) is 30.3 Å². The van der Waals surface area contributed by atoms with Crippen molar-refractivity contribution in [3.8, 4) is 5.75 Å². The number of rotatable bonds is 4. The number of hydrogen-bond acceptors (Lipinski definition) is 3. The molecule has 2 aromatic rings. The molecule has 100 valence electrons. The Bertz CT molecular complexity index is 555. The molecule has 3 nitrogen and oxygen atoms in total. The Labute approximate surface area is 121 Å². The summed E-state index contributed by atoms with van der Waals surface area (Å²) >= 11 is 3.51. The number of methoxy groups -OCH3 is 1. The molecule has 0 fully saturated rings. The van der Waals surface area contributed by atoms with E-state index in [1.54, 1.807) is 7.11 Å². The molecular formula is C15H17BrN2O. The molecule has 0 aliphatic rings. The summed E-state index contributed by atoms with van der Waals surface area (Å²) in [5.74, 6) is 6.54. The zero-order valence-electron chi connectivity index (χ0n) is 11.0. The number of ether oxygens (including phenoxy) is 1. The van der Waals surface area contributed by atoms with E-state index < -0.39 is 0 Å². The summed E-state index contributed by atoms with van der Waals surface area (Å²) in [5.41, 5.74) is 6.28. The van der Waals surface area contributed by atoms with Gasteiger partial charge in [-0.2, -0.15) is 0 Å². The number of hydrazine groups is 1. The van der Waals surface area contributed by atoms with Crippen LogP contribution in [0.15, 0.2) is 46.9 Å². The zero-order chi connectivity index (χ0) is 13.8. The maximum Gasteiger partial charge on any atom is 0.118 e. The first-order valence-electron chi connectivity index (χ1n) is 6.02. The molecule has 4 heteroatoms. The van der Waals surface area contributed by atoms with Crippen LogP contribution in [0.5, 0.6) is 5.75 Å². The Hall–Kier alpha value is -1.36. The van der Waals surface area contributed by atoms with Crippen molar-refractivity contribution in [3.05, 3.63) is 63.6 Å². The van der Waals surface area contributed by atoms with E-state index in [0.717, 1.165) is 21.3 Å². The molecule has 0 aromatic heterocycles. The van der Waals surface area contributed by atoms with Gasteiger partial charge in [0, 0.05) is 4.47 Å². The fourth-order valence-corrected chi connectivity index (χ4v) is 2.28. The van der Waals surface area contributed by atoms with Crippen molar-refractivity contribution in [2.45, 2.75) is 13.0 Å². The fourth-order valence-electron chi connectivity index (χ4n) is 2.03. The SMILES string of the molecule is COc1ccc(C(NN)c2ccc(Br)c(C)c2)cc1. The van der Waals surface area contributed by atoms with Crippen LogP contribution in [-0.4, -0.2) is 7.11 Å². The summed E-state index contributed by atoms with van der Waals surface area (Å²) in [6.07, 6.45) is 0. The Morgan fingerprint density at radius 2 is 1.74 bits per heavy atom. The van der Waals surface area contributed by atoms with Crippen molar-refractivity contribution in [1.29, 1.82) is 0 Å². The third-order valence-electron chi connectivity index (χ3n) is 3.13. The van der Waals surface area contributed by atoms with E-state index >= 15 is 0 Å². The number of nitrogens with one attached hydrogen (secondary N) is 1. The highest BCUT2D eigenvalue weighted by Crippen LogP contribution is 2.26. The molecule has 2 rings (SSSR count). The molecule has 0 amide bonds. The molecule has 0 heterocycles. The topological polar surface area (TPSA) is 47.3 Å². The first-order valence-corrected chi connectivity index (χ1v) is 6.81. The van der Waals surface area contributed by atoms with E-state index in [0.29, 0.717) is 0 Å². The second-order valence-corrected chi connectivity index (χ2v) is 5.24. The minimum atomic E-state index is -0.0299.